The van der Waals surface area contributed by atoms with Gasteiger partial charge in [-0.3, -0.25) is 4.79 Å². The van der Waals surface area contributed by atoms with E-state index >= 15 is 0 Å². The number of carboxylic acid groups (broad SMARTS) is 1. The number of benzene rings is 2. The molecule has 174 valence electrons. The zero-order valence-electron chi connectivity index (χ0n) is 17.9. The maximum Gasteiger partial charge on any atom is 0.407 e. The average molecular weight is 475 g/mol. The van der Waals surface area contributed by atoms with Crippen molar-refractivity contribution in [3.8, 4) is 0 Å². The quantitative estimate of drug-likeness (QED) is 0.568. The molecule has 0 bridgehead atoms. The first-order valence-corrected chi connectivity index (χ1v) is 12.2. The lowest BCUT2D eigenvalue weighted by Crippen LogP contribution is -2.39. The summed E-state index contributed by atoms with van der Waals surface area (Å²) in [7, 11) is -3.82. The molecule has 1 aromatic heterocycles. The van der Waals surface area contributed by atoms with Crippen molar-refractivity contribution in [2.24, 2.45) is 0 Å². The van der Waals surface area contributed by atoms with Crippen molar-refractivity contribution in [2.75, 3.05) is 6.26 Å². The molecule has 1 aliphatic carbocycles. The Balaban J connectivity index is 1.64. The minimum absolute atomic E-state index is 0.117. The van der Waals surface area contributed by atoms with E-state index in [9.17, 15) is 27.5 Å². The van der Waals surface area contributed by atoms with Crippen LogP contribution in [0.25, 0.3) is 10.9 Å². The monoisotopic (exact) mass is 474 g/mol. The molecule has 2 N–H and O–H groups in total. The highest BCUT2D eigenvalue weighted by Crippen LogP contribution is 2.36. The fourth-order valence-corrected chi connectivity index (χ4v) is 5.25. The van der Waals surface area contributed by atoms with Crippen LogP contribution in [0.2, 0.25) is 0 Å². The van der Waals surface area contributed by atoms with Crippen molar-refractivity contribution in [1.29, 1.82) is 0 Å². The number of aliphatic carboxylic acids is 1. The van der Waals surface area contributed by atoms with Crippen molar-refractivity contribution < 1.29 is 32.2 Å². The Morgan fingerprint density at radius 3 is 2.64 bits per heavy atom. The van der Waals surface area contributed by atoms with E-state index in [1.54, 1.807) is 0 Å². The number of hydrogen-bond acceptors (Lipinski definition) is 5. The highest BCUT2D eigenvalue weighted by atomic mass is 32.2. The molecule has 0 fully saturated rings. The second-order valence-electron chi connectivity index (χ2n) is 8.12. The molecule has 0 aliphatic heterocycles. The number of ether oxygens (including phenoxy) is 1. The van der Waals surface area contributed by atoms with Gasteiger partial charge in [0.05, 0.1) is 10.4 Å². The summed E-state index contributed by atoms with van der Waals surface area (Å²) in [5.74, 6) is -1.86. The number of nitrogens with one attached hydrogen (secondary N) is 1. The fourth-order valence-electron chi connectivity index (χ4n) is 4.36. The van der Waals surface area contributed by atoms with Crippen LogP contribution in [-0.2, 0) is 45.4 Å². The second-order valence-corrected chi connectivity index (χ2v) is 10.1. The number of fused-ring (bicyclic) bond motifs is 3. The summed E-state index contributed by atoms with van der Waals surface area (Å²) in [4.78, 5) is 23.5. The molecular weight excluding hydrogens is 451 g/mol. The van der Waals surface area contributed by atoms with Crippen LogP contribution in [0.5, 0.6) is 0 Å². The lowest BCUT2D eigenvalue weighted by molar-refractivity contribution is -0.137. The van der Waals surface area contributed by atoms with E-state index < -0.39 is 34.3 Å². The molecule has 1 atom stereocenters. The minimum atomic E-state index is -3.82. The van der Waals surface area contributed by atoms with Crippen LogP contribution in [0.1, 0.15) is 23.2 Å². The van der Waals surface area contributed by atoms with Crippen LogP contribution in [0.15, 0.2) is 47.4 Å². The van der Waals surface area contributed by atoms with Gasteiger partial charge in [-0.1, -0.05) is 30.3 Å². The molecule has 1 heterocycles. The fraction of sp³-hybridized carbons (Fsp3) is 0.304. The Morgan fingerprint density at radius 2 is 1.97 bits per heavy atom. The summed E-state index contributed by atoms with van der Waals surface area (Å²) >= 11 is 0. The molecule has 10 heteroatoms. The van der Waals surface area contributed by atoms with Crippen LogP contribution < -0.4 is 5.32 Å². The topological polar surface area (TPSA) is 115 Å². The van der Waals surface area contributed by atoms with Gasteiger partial charge in [-0.05, 0) is 42.5 Å². The summed E-state index contributed by atoms with van der Waals surface area (Å²) in [6.07, 6.45) is 1.56. The van der Waals surface area contributed by atoms with Crippen LogP contribution in [-0.4, -0.2) is 42.5 Å². The number of amides is 1. The largest absolute Gasteiger partial charge is 0.480 e. The van der Waals surface area contributed by atoms with Gasteiger partial charge in [0.15, 0.2) is 9.84 Å². The van der Waals surface area contributed by atoms with Crippen LogP contribution in [0, 0.1) is 5.82 Å². The summed E-state index contributed by atoms with van der Waals surface area (Å²) in [5.41, 5.74) is 2.30. The molecule has 0 spiro atoms. The lowest BCUT2D eigenvalue weighted by atomic mass is 9.91. The van der Waals surface area contributed by atoms with Gasteiger partial charge >= 0.3 is 12.1 Å². The molecule has 4 rings (SSSR count). The predicted molar refractivity (Wildman–Crippen MR) is 118 cm³/mol. The molecule has 0 radical (unpaired) electrons. The molecular formula is C23H23FN2O6S. The zero-order chi connectivity index (χ0) is 23.8. The number of rotatable bonds is 6. The number of nitrogens with zero attached hydrogens (tertiary/aromatic N) is 1. The van der Waals surface area contributed by atoms with Crippen molar-refractivity contribution >= 4 is 32.8 Å². The predicted octanol–water partition coefficient (Wildman–Crippen LogP) is 3.05. The number of alkyl carbamates (subject to hydrolysis) is 1. The van der Waals surface area contributed by atoms with Crippen molar-refractivity contribution in [3.05, 3.63) is 65.1 Å². The molecule has 0 unspecified atom stereocenters. The number of halogens is 1. The third kappa shape index (κ3) is 4.85. The van der Waals surface area contributed by atoms with E-state index in [0.717, 1.165) is 17.9 Å². The normalized spacial score (nSPS) is 15.8. The van der Waals surface area contributed by atoms with Crippen molar-refractivity contribution in [1.82, 2.24) is 9.88 Å². The molecule has 3 aromatic rings. The highest BCUT2D eigenvalue weighted by Gasteiger charge is 2.30. The third-order valence-corrected chi connectivity index (χ3v) is 6.83. The van der Waals surface area contributed by atoms with Gasteiger partial charge < -0.3 is 19.7 Å². The first kappa shape index (κ1) is 22.8. The maximum absolute atomic E-state index is 14.4. The van der Waals surface area contributed by atoms with Gasteiger partial charge in [0, 0.05) is 23.4 Å². The van der Waals surface area contributed by atoms with Crippen molar-refractivity contribution in [2.45, 2.75) is 43.4 Å². The van der Waals surface area contributed by atoms with Crippen LogP contribution >= 0.6 is 0 Å². The summed E-state index contributed by atoms with van der Waals surface area (Å²) in [5, 5.41) is 12.5. The third-order valence-electron chi connectivity index (χ3n) is 5.72. The van der Waals surface area contributed by atoms with E-state index in [-0.39, 0.29) is 23.1 Å². The zero-order valence-corrected chi connectivity index (χ0v) is 18.7. The Hall–Kier alpha value is -3.40. The molecule has 8 nitrogen and oxygen atoms in total. The van der Waals surface area contributed by atoms with Gasteiger partial charge in [0.25, 0.3) is 0 Å². The number of carbonyl (C=O) groups excluding carboxylic acids is 1. The lowest BCUT2D eigenvalue weighted by Gasteiger charge is -2.24. The van der Waals surface area contributed by atoms with E-state index in [1.807, 2.05) is 30.3 Å². The van der Waals surface area contributed by atoms with E-state index in [2.05, 4.69) is 5.32 Å². The standard InChI is InChI=1S/C23H23FN2O6S/c1-33(30,31)20-10-15(24)9-18-17-11-16(7-8-19(17)26(22(18)20)12-21(27)28)25-23(29)32-13-14-5-3-2-4-6-14/h2-6,9-10,16H,7-8,11-13H2,1H3,(H,25,29)(H,27,28)/t16-/m1/s1. The van der Waals surface area contributed by atoms with E-state index in [0.29, 0.717) is 35.9 Å². The number of sulfone groups is 1. The van der Waals surface area contributed by atoms with Crippen LogP contribution in [0.4, 0.5) is 9.18 Å². The molecule has 0 saturated heterocycles. The second kappa shape index (κ2) is 8.86. The number of carbonyl (C=O) groups is 2. The smallest absolute Gasteiger partial charge is 0.407 e. The Bertz CT molecular complexity index is 1330. The first-order valence-electron chi connectivity index (χ1n) is 10.4. The van der Waals surface area contributed by atoms with Gasteiger partial charge in [0.1, 0.15) is 19.0 Å². The molecule has 2 aromatic carbocycles. The summed E-state index contributed by atoms with van der Waals surface area (Å²) < 4.78 is 45.8. The average Bonchev–Trinajstić information content (AvgIpc) is 3.04. The molecule has 33 heavy (non-hydrogen) atoms. The van der Waals surface area contributed by atoms with Crippen LogP contribution in [0.3, 0.4) is 0 Å². The summed E-state index contributed by atoms with van der Waals surface area (Å²) in [6.45, 7) is -0.331. The maximum atomic E-state index is 14.4. The van der Waals surface area contributed by atoms with E-state index in [4.69, 9.17) is 4.74 Å². The number of aromatic nitrogens is 1. The van der Waals surface area contributed by atoms with E-state index in [1.165, 1.54) is 10.6 Å². The summed E-state index contributed by atoms with van der Waals surface area (Å²) in [6, 6.07) is 11.0. The minimum Gasteiger partial charge on any atom is -0.480 e. The Kier molecular flexibility index (Phi) is 6.11. The van der Waals surface area contributed by atoms with Gasteiger partial charge in [-0.15, -0.1) is 0 Å². The van der Waals surface area contributed by atoms with Crippen molar-refractivity contribution in [3.63, 3.8) is 0 Å². The highest BCUT2D eigenvalue weighted by molar-refractivity contribution is 7.91. The van der Waals surface area contributed by atoms with Gasteiger partial charge in [-0.2, -0.15) is 0 Å². The Labute approximate surface area is 189 Å². The molecule has 1 aliphatic rings. The van der Waals surface area contributed by atoms with Gasteiger partial charge in [-0.25, -0.2) is 17.6 Å². The first-order chi connectivity index (χ1) is 15.6. The molecule has 1 amide bonds. The Morgan fingerprint density at radius 1 is 1.24 bits per heavy atom. The number of carboxylic acids is 1. The number of hydrogen-bond donors (Lipinski definition) is 2. The molecule has 0 saturated carbocycles. The van der Waals surface area contributed by atoms with Gasteiger partial charge in [0.2, 0.25) is 0 Å². The SMILES string of the molecule is CS(=O)(=O)c1cc(F)cc2c3c(n(CC(=O)O)c12)CC[C@@H](NC(=O)OCc1ccccc1)C3.